The van der Waals surface area contributed by atoms with Crippen molar-refractivity contribution >= 4 is 12.4 Å². The molecular formula is C16H20O4. The van der Waals surface area contributed by atoms with E-state index in [2.05, 4.69) is 13.8 Å². The minimum Gasteiger partial charge on any atom is -0.493 e. The standard InChI is InChI=1S/C16H20O4/c1-10(2)7-12-5-6-13-11(9-17)8-14(18-3)16(19-4)15(13)20-12/h5-6,8-10,12H,7H2,1-4H3. The molecule has 1 aromatic carbocycles. The molecule has 1 aliphatic rings. The lowest BCUT2D eigenvalue weighted by Gasteiger charge is -2.26. The summed E-state index contributed by atoms with van der Waals surface area (Å²) in [7, 11) is 3.11. The van der Waals surface area contributed by atoms with Crippen LogP contribution < -0.4 is 14.2 Å². The predicted molar refractivity (Wildman–Crippen MR) is 77.8 cm³/mol. The Kier molecular flexibility index (Phi) is 4.32. The zero-order chi connectivity index (χ0) is 14.7. The molecule has 0 aliphatic carbocycles. The number of rotatable bonds is 5. The highest BCUT2D eigenvalue weighted by Gasteiger charge is 2.25. The Morgan fingerprint density at radius 2 is 2.10 bits per heavy atom. The predicted octanol–water partition coefficient (Wildman–Crippen LogP) is 3.34. The highest BCUT2D eigenvalue weighted by Crippen LogP contribution is 2.44. The topological polar surface area (TPSA) is 44.8 Å². The Hall–Kier alpha value is -1.97. The van der Waals surface area contributed by atoms with Gasteiger partial charge in [-0.25, -0.2) is 0 Å². The van der Waals surface area contributed by atoms with E-state index in [1.165, 1.54) is 0 Å². The first-order valence-electron chi connectivity index (χ1n) is 6.69. The Morgan fingerprint density at radius 1 is 1.35 bits per heavy atom. The van der Waals surface area contributed by atoms with Crippen molar-refractivity contribution in [2.45, 2.75) is 26.4 Å². The number of methoxy groups -OCH3 is 2. The molecule has 0 aromatic heterocycles. The average molecular weight is 276 g/mol. The van der Waals surface area contributed by atoms with E-state index in [0.29, 0.717) is 28.7 Å². The first kappa shape index (κ1) is 14.4. The van der Waals surface area contributed by atoms with Crippen molar-refractivity contribution in [2.24, 2.45) is 5.92 Å². The molecule has 0 radical (unpaired) electrons. The van der Waals surface area contributed by atoms with Gasteiger partial charge in [0.25, 0.3) is 0 Å². The molecule has 0 bridgehead atoms. The second-order valence-corrected chi connectivity index (χ2v) is 5.21. The monoisotopic (exact) mass is 276 g/mol. The number of hydrogen-bond acceptors (Lipinski definition) is 4. The molecule has 1 unspecified atom stereocenters. The Balaban J connectivity index is 2.49. The highest BCUT2D eigenvalue weighted by molar-refractivity contribution is 5.87. The molecule has 2 rings (SSSR count). The van der Waals surface area contributed by atoms with Gasteiger partial charge in [0.1, 0.15) is 6.10 Å². The zero-order valence-corrected chi connectivity index (χ0v) is 12.3. The highest BCUT2D eigenvalue weighted by atomic mass is 16.5. The minimum atomic E-state index is -0.0111. The maximum absolute atomic E-state index is 11.2. The fourth-order valence-corrected chi connectivity index (χ4v) is 2.37. The van der Waals surface area contributed by atoms with E-state index in [1.807, 2.05) is 12.2 Å². The van der Waals surface area contributed by atoms with E-state index >= 15 is 0 Å². The van der Waals surface area contributed by atoms with Crippen molar-refractivity contribution < 1.29 is 19.0 Å². The van der Waals surface area contributed by atoms with E-state index in [4.69, 9.17) is 14.2 Å². The quantitative estimate of drug-likeness (QED) is 0.774. The summed E-state index contributed by atoms with van der Waals surface area (Å²) >= 11 is 0. The Morgan fingerprint density at radius 3 is 2.65 bits per heavy atom. The van der Waals surface area contributed by atoms with Crippen LogP contribution >= 0.6 is 0 Å². The Bertz CT molecular complexity index is 532. The maximum atomic E-state index is 11.2. The molecule has 20 heavy (non-hydrogen) atoms. The van der Waals surface area contributed by atoms with Gasteiger partial charge in [0, 0.05) is 11.1 Å². The molecule has 108 valence electrons. The summed E-state index contributed by atoms with van der Waals surface area (Å²) in [4.78, 5) is 11.2. The summed E-state index contributed by atoms with van der Waals surface area (Å²) in [6.07, 6.45) is 5.62. The average Bonchev–Trinajstić information content (AvgIpc) is 2.44. The van der Waals surface area contributed by atoms with E-state index in [1.54, 1.807) is 20.3 Å². The minimum absolute atomic E-state index is 0.0111. The van der Waals surface area contributed by atoms with Crippen LogP contribution in [0, 0.1) is 5.92 Å². The molecule has 1 aromatic rings. The second kappa shape index (κ2) is 5.99. The van der Waals surface area contributed by atoms with Crippen LogP contribution in [0.25, 0.3) is 6.08 Å². The summed E-state index contributed by atoms with van der Waals surface area (Å²) in [5.74, 6) is 2.15. The summed E-state index contributed by atoms with van der Waals surface area (Å²) in [6, 6.07) is 1.67. The van der Waals surface area contributed by atoms with E-state index < -0.39 is 0 Å². The molecule has 1 atom stereocenters. The number of carbonyl (C=O) groups excluding carboxylic acids is 1. The molecule has 0 saturated carbocycles. The normalized spacial score (nSPS) is 16.6. The first-order chi connectivity index (χ1) is 9.60. The summed E-state index contributed by atoms with van der Waals surface area (Å²) in [5.41, 5.74) is 1.29. The molecule has 0 amide bonds. The van der Waals surface area contributed by atoms with Crippen molar-refractivity contribution in [3.8, 4) is 17.2 Å². The van der Waals surface area contributed by atoms with Gasteiger partial charge in [-0.3, -0.25) is 4.79 Å². The van der Waals surface area contributed by atoms with Crippen LogP contribution in [-0.4, -0.2) is 26.6 Å². The fourth-order valence-electron chi connectivity index (χ4n) is 2.37. The molecule has 0 fully saturated rings. The number of fused-ring (bicyclic) bond motifs is 1. The van der Waals surface area contributed by atoms with Gasteiger partial charge in [0.2, 0.25) is 5.75 Å². The molecule has 0 saturated heterocycles. The third-order valence-electron chi connectivity index (χ3n) is 3.27. The second-order valence-electron chi connectivity index (χ2n) is 5.21. The molecule has 1 aliphatic heterocycles. The van der Waals surface area contributed by atoms with Gasteiger partial charge < -0.3 is 14.2 Å². The van der Waals surface area contributed by atoms with Gasteiger partial charge in [-0.05, 0) is 24.5 Å². The summed E-state index contributed by atoms with van der Waals surface area (Å²) < 4.78 is 16.7. The van der Waals surface area contributed by atoms with E-state index in [-0.39, 0.29) is 6.10 Å². The van der Waals surface area contributed by atoms with Gasteiger partial charge in [-0.2, -0.15) is 0 Å². The fraction of sp³-hybridized carbons (Fsp3) is 0.438. The van der Waals surface area contributed by atoms with Crippen LogP contribution in [0.4, 0.5) is 0 Å². The summed E-state index contributed by atoms with van der Waals surface area (Å²) in [6.45, 7) is 4.29. The van der Waals surface area contributed by atoms with Crippen molar-refractivity contribution in [2.75, 3.05) is 14.2 Å². The third kappa shape index (κ3) is 2.64. The van der Waals surface area contributed by atoms with Gasteiger partial charge >= 0.3 is 0 Å². The largest absolute Gasteiger partial charge is 0.493 e. The van der Waals surface area contributed by atoms with Gasteiger partial charge in [-0.15, -0.1) is 0 Å². The molecule has 4 nitrogen and oxygen atoms in total. The zero-order valence-electron chi connectivity index (χ0n) is 12.3. The summed E-state index contributed by atoms with van der Waals surface area (Å²) in [5, 5.41) is 0. The maximum Gasteiger partial charge on any atom is 0.203 e. The van der Waals surface area contributed by atoms with Crippen LogP contribution in [0.3, 0.4) is 0 Å². The van der Waals surface area contributed by atoms with E-state index in [0.717, 1.165) is 18.3 Å². The van der Waals surface area contributed by atoms with Gasteiger partial charge in [-0.1, -0.05) is 19.9 Å². The van der Waals surface area contributed by atoms with Crippen molar-refractivity contribution in [1.82, 2.24) is 0 Å². The number of benzene rings is 1. The van der Waals surface area contributed by atoms with Crippen LogP contribution in [0.2, 0.25) is 0 Å². The molecular weight excluding hydrogens is 256 g/mol. The molecule has 0 spiro atoms. The lowest BCUT2D eigenvalue weighted by Crippen LogP contribution is -2.20. The number of hydrogen-bond donors (Lipinski definition) is 0. The van der Waals surface area contributed by atoms with Crippen molar-refractivity contribution in [3.63, 3.8) is 0 Å². The SMILES string of the molecule is COc1cc(C=O)c2c(c1OC)OC(CC(C)C)C=C2. The molecule has 4 heteroatoms. The molecule has 1 heterocycles. The number of carbonyl (C=O) groups is 1. The number of ether oxygens (including phenoxy) is 3. The smallest absolute Gasteiger partial charge is 0.203 e. The van der Waals surface area contributed by atoms with Crippen molar-refractivity contribution in [1.29, 1.82) is 0 Å². The van der Waals surface area contributed by atoms with Crippen LogP contribution in [0.5, 0.6) is 17.2 Å². The van der Waals surface area contributed by atoms with Crippen LogP contribution in [0.15, 0.2) is 12.1 Å². The third-order valence-corrected chi connectivity index (χ3v) is 3.27. The Labute approximate surface area is 119 Å². The van der Waals surface area contributed by atoms with Crippen LogP contribution in [0.1, 0.15) is 36.2 Å². The van der Waals surface area contributed by atoms with Crippen molar-refractivity contribution in [3.05, 3.63) is 23.3 Å². The van der Waals surface area contributed by atoms with Gasteiger partial charge in [0.15, 0.2) is 17.8 Å². The van der Waals surface area contributed by atoms with Gasteiger partial charge in [0.05, 0.1) is 14.2 Å². The number of aldehydes is 1. The first-order valence-corrected chi connectivity index (χ1v) is 6.69. The lowest BCUT2D eigenvalue weighted by molar-refractivity contribution is 0.112. The van der Waals surface area contributed by atoms with Crippen LogP contribution in [-0.2, 0) is 0 Å². The molecule has 0 N–H and O–H groups in total. The lowest BCUT2D eigenvalue weighted by atomic mass is 9.99. The van der Waals surface area contributed by atoms with E-state index in [9.17, 15) is 4.79 Å².